The fourth-order valence-electron chi connectivity index (χ4n) is 7.41. The maximum atomic E-state index is 10.6. The topological polar surface area (TPSA) is 300 Å². The number of hydrogen-bond donors (Lipinski definition) is 14. The number of nitrogens with one attached hydrogen (secondary N) is 2. The molecule has 0 spiro atoms. The molecule has 4 aromatic carbocycles. The Bertz CT molecular complexity index is 2740. The molecular formula is C44H30N4O12. The lowest BCUT2D eigenvalue weighted by molar-refractivity contribution is 0.368. The Hall–Kier alpha value is -8.92. The molecule has 298 valence electrons. The minimum absolute atomic E-state index is 0.195. The van der Waals surface area contributed by atoms with Gasteiger partial charge in [0.1, 0.15) is 0 Å². The number of fused-ring (bicyclic) bond motifs is 8. The molecule has 7 aromatic rings. The van der Waals surface area contributed by atoms with Crippen molar-refractivity contribution in [3.8, 4) is 114 Å². The molecule has 16 heteroatoms. The number of benzene rings is 4. The minimum Gasteiger partial charge on any atom is -0.504 e. The maximum Gasteiger partial charge on any atom is 0.200 e. The van der Waals surface area contributed by atoms with Crippen LogP contribution in [0.15, 0.2) is 72.8 Å². The lowest BCUT2D eigenvalue weighted by Crippen LogP contribution is -1.90. The molecule has 8 bridgehead atoms. The van der Waals surface area contributed by atoms with Gasteiger partial charge in [-0.1, -0.05) is 0 Å². The molecule has 9 rings (SSSR count). The summed E-state index contributed by atoms with van der Waals surface area (Å²) >= 11 is 0. The second-order valence-electron chi connectivity index (χ2n) is 14.0. The lowest BCUT2D eigenvalue weighted by Gasteiger charge is -2.10. The van der Waals surface area contributed by atoms with Crippen molar-refractivity contribution in [2.45, 2.75) is 0 Å². The van der Waals surface area contributed by atoms with Gasteiger partial charge >= 0.3 is 0 Å². The fourth-order valence-corrected chi connectivity index (χ4v) is 7.41. The van der Waals surface area contributed by atoms with Crippen LogP contribution in [0.1, 0.15) is 22.8 Å². The molecule has 0 fully saturated rings. The van der Waals surface area contributed by atoms with E-state index in [9.17, 15) is 61.3 Å². The summed E-state index contributed by atoms with van der Waals surface area (Å²) in [6.07, 6.45) is 6.50. The van der Waals surface area contributed by atoms with Crippen LogP contribution in [0.3, 0.4) is 0 Å². The van der Waals surface area contributed by atoms with Crippen molar-refractivity contribution in [3.63, 3.8) is 0 Å². The highest BCUT2D eigenvalue weighted by Crippen LogP contribution is 2.47. The van der Waals surface area contributed by atoms with E-state index in [2.05, 4.69) is 9.97 Å². The number of phenols is 12. The van der Waals surface area contributed by atoms with Crippen molar-refractivity contribution >= 4 is 46.4 Å². The van der Waals surface area contributed by atoms with Gasteiger partial charge in [0.2, 0.25) is 0 Å². The molecule has 2 aliphatic heterocycles. The van der Waals surface area contributed by atoms with Crippen LogP contribution in [0.2, 0.25) is 0 Å². The summed E-state index contributed by atoms with van der Waals surface area (Å²) in [7, 11) is 0. The number of nitrogens with zero attached hydrogens (tertiary/aromatic N) is 2. The van der Waals surface area contributed by atoms with Gasteiger partial charge in [-0.2, -0.15) is 0 Å². The van der Waals surface area contributed by atoms with Gasteiger partial charge in [-0.25, -0.2) is 9.97 Å². The average Bonchev–Trinajstić information content (AvgIpc) is 4.05. The summed E-state index contributed by atoms with van der Waals surface area (Å²) in [5.74, 6) is -8.11. The van der Waals surface area contributed by atoms with Gasteiger partial charge in [0, 0.05) is 44.3 Å². The third-order valence-corrected chi connectivity index (χ3v) is 10.2. The first kappa shape index (κ1) is 36.7. The van der Waals surface area contributed by atoms with Crippen LogP contribution < -0.4 is 0 Å². The Balaban J connectivity index is 1.51. The van der Waals surface area contributed by atoms with Crippen LogP contribution >= 0.6 is 0 Å². The van der Waals surface area contributed by atoms with Crippen molar-refractivity contribution in [1.82, 2.24) is 19.9 Å². The summed E-state index contributed by atoms with van der Waals surface area (Å²) in [5, 5.41) is 126. The zero-order valence-corrected chi connectivity index (χ0v) is 30.5. The quantitative estimate of drug-likeness (QED) is 0.0755. The van der Waals surface area contributed by atoms with E-state index < -0.39 is 69.0 Å². The molecule has 3 aromatic heterocycles. The molecule has 0 saturated heterocycles. The highest BCUT2D eigenvalue weighted by atomic mass is 16.3. The first-order valence-corrected chi connectivity index (χ1v) is 17.8. The normalized spacial score (nSPS) is 12.0. The van der Waals surface area contributed by atoms with E-state index >= 15 is 0 Å². The standard InChI is InChI=1S/C44H30N4O12/c49-29-9-17(10-30(50)41(29)57)37-21-1-2-22(45-21)38(18-11-31(51)42(58)32(52)12-18)24-5-6-26(47-24)40(20-15-35(55)44(60)36(56)16-20)28-8-7-27(48-28)39(25-4-3-23(37)46-25)19-13-33(53)43(59)34(54)14-19/h1-16,45,48-60H. The molecule has 0 aliphatic carbocycles. The third kappa shape index (κ3) is 5.87. The maximum absolute atomic E-state index is 10.6. The highest BCUT2D eigenvalue weighted by molar-refractivity contribution is 6.01. The molecule has 60 heavy (non-hydrogen) atoms. The molecule has 16 nitrogen and oxygen atoms in total. The van der Waals surface area contributed by atoms with E-state index in [0.29, 0.717) is 44.3 Å². The van der Waals surface area contributed by atoms with Crippen LogP contribution in [0.4, 0.5) is 0 Å². The van der Waals surface area contributed by atoms with Crippen molar-refractivity contribution in [2.75, 3.05) is 0 Å². The Morgan fingerprint density at radius 2 is 0.467 bits per heavy atom. The number of phenolic OH excluding ortho intramolecular Hbond substituents is 12. The van der Waals surface area contributed by atoms with Gasteiger partial charge in [0.15, 0.2) is 69.0 Å². The fraction of sp³-hybridized carbons (Fsp3) is 0. The number of hydrogen-bond acceptors (Lipinski definition) is 14. The summed E-state index contributed by atoms with van der Waals surface area (Å²) in [6, 6.07) is 16.4. The van der Waals surface area contributed by atoms with Crippen LogP contribution in [-0.4, -0.2) is 81.2 Å². The lowest BCUT2D eigenvalue weighted by atomic mass is 10.0. The van der Waals surface area contributed by atoms with Crippen molar-refractivity contribution in [1.29, 1.82) is 0 Å². The van der Waals surface area contributed by atoms with Gasteiger partial charge in [0.25, 0.3) is 0 Å². The molecule has 0 atom stereocenters. The molecule has 5 heterocycles. The molecule has 2 aliphatic rings. The molecule has 0 amide bonds. The van der Waals surface area contributed by atoms with Crippen LogP contribution in [0.25, 0.3) is 90.9 Å². The monoisotopic (exact) mass is 806 g/mol. The number of aromatic amines is 2. The summed E-state index contributed by atoms with van der Waals surface area (Å²) in [4.78, 5) is 16.5. The largest absolute Gasteiger partial charge is 0.504 e. The Morgan fingerprint density at radius 1 is 0.283 bits per heavy atom. The number of H-pyrrole nitrogens is 2. The number of rotatable bonds is 4. The van der Waals surface area contributed by atoms with E-state index in [0.717, 1.165) is 0 Å². The molecular weight excluding hydrogens is 776 g/mol. The first-order chi connectivity index (χ1) is 28.7. The molecule has 0 saturated carbocycles. The zero-order valence-electron chi connectivity index (χ0n) is 30.5. The van der Waals surface area contributed by atoms with Crippen LogP contribution in [0.5, 0.6) is 69.0 Å². The second-order valence-corrected chi connectivity index (χ2v) is 14.0. The number of aromatic hydroxyl groups is 12. The second kappa shape index (κ2) is 13.3. The summed E-state index contributed by atoms with van der Waals surface area (Å²) in [6.45, 7) is 0. The van der Waals surface area contributed by atoms with Crippen LogP contribution in [-0.2, 0) is 0 Å². The first-order valence-electron chi connectivity index (χ1n) is 17.8. The van der Waals surface area contributed by atoms with Gasteiger partial charge in [-0.05, 0) is 119 Å². The Labute approximate surface area is 336 Å². The van der Waals surface area contributed by atoms with Gasteiger partial charge in [-0.3, -0.25) is 0 Å². The van der Waals surface area contributed by atoms with Crippen LogP contribution in [0, 0.1) is 0 Å². The predicted molar refractivity (Wildman–Crippen MR) is 221 cm³/mol. The average molecular weight is 807 g/mol. The van der Waals surface area contributed by atoms with E-state index in [-0.39, 0.29) is 45.0 Å². The van der Waals surface area contributed by atoms with Gasteiger partial charge in [-0.15, -0.1) is 0 Å². The molecule has 14 N–H and O–H groups in total. The summed E-state index contributed by atoms with van der Waals surface area (Å²) in [5.41, 5.74) is 4.34. The van der Waals surface area contributed by atoms with Crippen molar-refractivity contribution < 1.29 is 61.3 Å². The summed E-state index contributed by atoms with van der Waals surface area (Å²) < 4.78 is 0. The van der Waals surface area contributed by atoms with E-state index in [4.69, 9.17) is 9.97 Å². The highest BCUT2D eigenvalue weighted by Gasteiger charge is 2.23. The van der Waals surface area contributed by atoms with E-state index in [1.165, 1.54) is 48.5 Å². The van der Waals surface area contributed by atoms with Crippen molar-refractivity contribution in [2.24, 2.45) is 0 Å². The molecule has 0 radical (unpaired) electrons. The molecule has 0 unspecified atom stereocenters. The predicted octanol–water partition coefficient (Wildman–Crippen LogP) is 7.79. The number of aromatic nitrogens is 4. The minimum atomic E-state index is -0.754. The van der Waals surface area contributed by atoms with E-state index in [1.807, 2.05) is 0 Å². The smallest absolute Gasteiger partial charge is 0.200 e. The Kier molecular flexibility index (Phi) is 8.16. The third-order valence-electron chi connectivity index (χ3n) is 10.2. The van der Waals surface area contributed by atoms with Gasteiger partial charge in [0.05, 0.1) is 22.8 Å². The Morgan fingerprint density at radius 3 is 0.650 bits per heavy atom. The zero-order chi connectivity index (χ0) is 42.3. The van der Waals surface area contributed by atoms with Crippen molar-refractivity contribution in [3.05, 3.63) is 95.6 Å². The SMILES string of the molecule is Oc1cc(-c2c3nc(c(-c4cc(O)c(O)c(O)c4)c4ccc([nH]4)c(-c4cc(O)c(O)c(O)c4)c4nc(c(-c5cc(O)c(O)c(O)c5)c5ccc2[nH]5)C=C4)C=C3)cc(O)c1O. The van der Waals surface area contributed by atoms with E-state index in [1.54, 1.807) is 48.6 Å². The van der Waals surface area contributed by atoms with Gasteiger partial charge < -0.3 is 71.2 Å².